The van der Waals surface area contributed by atoms with Gasteiger partial charge in [-0.25, -0.2) is 35.5 Å². The first-order chi connectivity index (χ1) is 62.8. The number of anilines is 3. The summed E-state index contributed by atoms with van der Waals surface area (Å²) in [5.41, 5.74) is 5.15. The molecule has 1 fully saturated rings. The van der Waals surface area contributed by atoms with E-state index >= 15 is 13.2 Å². The van der Waals surface area contributed by atoms with Crippen LogP contribution in [0, 0.1) is 34.9 Å². The van der Waals surface area contributed by atoms with Gasteiger partial charge in [-0.1, -0.05) is 0 Å². The van der Waals surface area contributed by atoms with Gasteiger partial charge in [0.15, 0.2) is 34.7 Å². The quantitative estimate of drug-likeness (QED) is 0.0324. The smallest absolute Gasteiger partial charge is 0.270 e. The van der Waals surface area contributed by atoms with Crippen LogP contribution in [0.2, 0.25) is 0 Å². The minimum Gasteiger partial charge on any atom is -0.479 e. The normalized spacial score (nSPS) is 11.9. The topological polar surface area (TPSA) is 356 Å². The molecule has 1 aliphatic rings. The van der Waals surface area contributed by atoms with Crippen molar-refractivity contribution >= 4 is 78.3 Å². The minimum atomic E-state index is -1.59. The van der Waals surface area contributed by atoms with Crippen molar-refractivity contribution in [2.24, 2.45) is 21.1 Å². The third-order valence-electron chi connectivity index (χ3n) is 20.7. The molecule has 0 bridgehead atoms. The number of carbonyl (C=O) groups excluding carboxylic acids is 3. The number of nitrogens with zero attached hydrogens (tertiary/aromatic N) is 12. The van der Waals surface area contributed by atoms with Crippen LogP contribution in [-0.2, 0) is 31.9 Å². The molecule has 0 saturated heterocycles. The molecular weight excluding hydrogens is 1710 g/mol. The number of hydrogen-bond acceptors (Lipinski definition) is 18. The van der Waals surface area contributed by atoms with Crippen LogP contribution in [0.25, 0.3) is 83.2 Å². The van der Waals surface area contributed by atoms with Crippen LogP contribution in [0.1, 0.15) is 50.8 Å². The molecule has 1 aliphatic carbocycles. The Hall–Kier alpha value is -17.0. The van der Waals surface area contributed by atoms with Crippen molar-refractivity contribution in [3.8, 4) is 96.7 Å². The number of nitrogens with one attached hydrogen (secondary N) is 6. The number of H-pyrrole nitrogens is 3. The molecule has 37 heteroatoms. The summed E-state index contributed by atoms with van der Waals surface area (Å²) in [6, 6.07) is 46.4. The molecule has 0 aliphatic heterocycles. The lowest BCUT2D eigenvalue weighted by Crippen LogP contribution is -2.30. The van der Waals surface area contributed by atoms with E-state index in [0.29, 0.717) is 45.3 Å². The zero-order chi connectivity index (χ0) is 90.7. The van der Waals surface area contributed by atoms with E-state index in [9.17, 15) is 46.1 Å². The van der Waals surface area contributed by atoms with E-state index in [2.05, 4.69) is 61.8 Å². The number of rotatable bonds is 23. The van der Waals surface area contributed by atoms with Gasteiger partial charge >= 0.3 is 0 Å². The van der Waals surface area contributed by atoms with Gasteiger partial charge in [0.25, 0.3) is 34.4 Å². The number of aromatic amines is 3. The van der Waals surface area contributed by atoms with Crippen molar-refractivity contribution in [1.82, 2.24) is 73.6 Å². The summed E-state index contributed by atoms with van der Waals surface area (Å²) in [4.78, 5) is 79.6. The summed E-state index contributed by atoms with van der Waals surface area (Å²) in [5, 5.41) is 43.3. The Morgan fingerprint density at radius 3 is 1.06 bits per heavy atom. The number of hydrogen-bond donors (Lipinski definition) is 6. The molecule has 0 spiro atoms. The first-order valence-corrected chi connectivity index (χ1v) is 41.3. The summed E-state index contributed by atoms with van der Waals surface area (Å²) < 4.78 is 137. The third kappa shape index (κ3) is 18.0. The fourth-order valence-electron chi connectivity index (χ4n) is 14.1. The highest BCUT2D eigenvalue weighted by Gasteiger charge is 2.29. The number of halogens is 6. The highest BCUT2D eigenvalue weighted by atomic mass is 32.2. The van der Waals surface area contributed by atoms with Gasteiger partial charge in [-0.05, 0) is 202 Å². The molecule has 9 aromatic heterocycles. The lowest BCUT2D eigenvalue weighted by atomic mass is 10.1. The summed E-state index contributed by atoms with van der Waals surface area (Å²) >= 11 is 0. The molecule has 9 heterocycles. The van der Waals surface area contributed by atoms with Gasteiger partial charge in [0.2, 0.25) is 11.8 Å². The molecule has 1 atom stereocenters. The van der Waals surface area contributed by atoms with Crippen LogP contribution < -0.4 is 56.3 Å². The second kappa shape index (κ2) is 36.3. The van der Waals surface area contributed by atoms with Crippen LogP contribution in [0.3, 0.4) is 0 Å². The molecule has 1 unspecified atom stereocenters. The van der Waals surface area contributed by atoms with Crippen molar-refractivity contribution in [2.45, 2.75) is 30.9 Å². The molecule has 652 valence electrons. The Morgan fingerprint density at radius 1 is 0.408 bits per heavy atom. The van der Waals surface area contributed by atoms with Crippen molar-refractivity contribution in [1.29, 1.82) is 0 Å². The predicted molar refractivity (Wildman–Crippen MR) is 471 cm³/mol. The molecule has 1 saturated carbocycles. The van der Waals surface area contributed by atoms with Crippen molar-refractivity contribution < 1.29 is 68.6 Å². The molecule has 6 N–H and O–H groups in total. The third-order valence-corrected chi connectivity index (χ3v) is 21.6. The van der Waals surface area contributed by atoms with E-state index < -0.39 is 80.1 Å². The molecule has 9 aromatic carbocycles. The minimum absolute atomic E-state index is 0.0217. The van der Waals surface area contributed by atoms with Crippen molar-refractivity contribution in [3.05, 3.63) is 339 Å². The Kier molecular flexibility index (Phi) is 23.8. The lowest BCUT2D eigenvalue weighted by molar-refractivity contribution is 0.101. The second-order valence-electron chi connectivity index (χ2n) is 29.4. The summed E-state index contributed by atoms with van der Waals surface area (Å²) in [5.74, 6) is -4.71. The monoisotopic (exact) mass is 1780 g/mol. The standard InChI is InChI=1S/C32H24F2N6O4.C31H24F2N6O4.C30H22F2N6O4S/c1-39-27-14-25(19-15-35-36-16-19)29(12-18(27)17-37-39)44-28-10-4-21(13-26(28)34)38-31(41)24-9-11-30(43-23-7-8-23)40(32(24)42)22-5-2-20(33)3-6-22;1-3-42-29-11-9-23(31(41)39(29)22-7-4-20(32)5-8-22)30(40)37-21-6-10-27(25(33)13-21)43-28-12-18-17-36-38(2)26(18)14-24(28)19-15-34-35-16-19;1-37-25-13-23(18-14-33-34-15-18)27(11-17(25)16-35-37)42-26-9-5-20(12-24(26)32)36-29(39)22-8-10-28(43(2)41)38(30(22)40)21-6-3-19(31)4-7-21/h2-6,9-17,23H,7-8H2,1H3,(H,35,36)(H,38,41);4-17H,3H2,1-2H3,(H,34,35)(H,37,40);3-16H,1-2H3,(H,33,34)(H,36,39). The molecule has 130 heavy (non-hydrogen) atoms. The number of ether oxygens (including phenoxy) is 5. The van der Waals surface area contributed by atoms with E-state index in [1.54, 1.807) is 94.9 Å². The van der Waals surface area contributed by atoms with Gasteiger partial charge < -0.3 is 39.6 Å². The average Bonchev–Trinajstić information content (AvgIpc) is 1.69. The molecule has 18 aromatic rings. The number of aromatic nitrogens is 15. The summed E-state index contributed by atoms with van der Waals surface area (Å²) in [6.07, 6.45) is 18.1. The second-order valence-corrected chi connectivity index (χ2v) is 30.7. The number of benzene rings is 9. The Balaban J connectivity index is 0.000000137. The van der Waals surface area contributed by atoms with Crippen LogP contribution >= 0.6 is 0 Å². The van der Waals surface area contributed by atoms with Crippen LogP contribution in [0.5, 0.6) is 46.3 Å². The zero-order valence-corrected chi connectivity index (χ0v) is 69.7. The summed E-state index contributed by atoms with van der Waals surface area (Å²) in [6.45, 7) is 2.01. The number of pyridine rings is 3. The maximum atomic E-state index is 15.3. The van der Waals surface area contributed by atoms with Crippen molar-refractivity contribution in [3.63, 3.8) is 0 Å². The zero-order valence-electron chi connectivity index (χ0n) is 68.9. The van der Waals surface area contributed by atoms with Crippen molar-refractivity contribution in [2.75, 3.05) is 28.8 Å². The van der Waals surface area contributed by atoms with Gasteiger partial charge in [-0.3, -0.25) is 66.9 Å². The first-order valence-electron chi connectivity index (χ1n) is 39.8. The molecule has 0 radical (unpaired) electrons. The Labute approximate surface area is 733 Å². The van der Waals surface area contributed by atoms with Gasteiger partial charge in [0.1, 0.15) is 62.5 Å². The Morgan fingerprint density at radius 2 is 0.738 bits per heavy atom. The number of amides is 3. The fraction of sp³-hybridized carbons (Fsp3) is 0.0968. The fourth-order valence-corrected chi connectivity index (χ4v) is 14.8. The van der Waals surface area contributed by atoms with Crippen LogP contribution in [0.15, 0.2) is 275 Å². The van der Waals surface area contributed by atoms with Crippen LogP contribution in [0.4, 0.5) is 43.4 Å². The molecular formula is C93H70F6N18O12S. The van der Waals surface area contributed by atoms with E-state index in [4.69, 9.17) is 23.7 Å². The Bertz CT molecular complexity index is 7610. The molecule has 19 rings (SSSR count). The maximum absolute atomic E-state index is 15.3. The van der Waals surface area contributed by atoms with E-state index in [1.165, 1.54) is 149 Å². The number of fused-ring (bicyclic) bond motifs is 3. The highest BCUT2D eigenvalue weighted by molar-refractivity contribution is 7.84. The maximum Gasteiger partial charge on any atom is 0.270 e. The molecule has 3 amide bonds. The largest absolute Gasteiger partial charge is 0.479 e. The SMILES string of the molecule is CCOc1ccc(C(=O)Nc2ccc(Oc3cc4cnn(C)c4cc3-c3cn[nH]c3)c(F)c2)c(=O)n1-c1ccc(F)cc1.Cn1ncc2cc(Oc3ccc(NC(=O)c4ccc(OC5CC5)n(-c5ccc(F)cc5)c4=O)cc3F)c(-c3cn[nH]c3)cc21.Cn1ncc2cc(Oc3ccc(NC(=O)c4ccc(S(C)=O)n(-c5ccc(F)cc5)c4=O)cc3F)c(-c3cn[nH]c3)cc21. The van der Waals surface area contributed by atoms with Gasteiger partial charge in [0.05, 0.1) is 88.2 Å². The van der Waals surface area contributed by atoms with E-state index in [1.807, 2.05) is 39.3 Å². The van der Waals surface area contributed by atoms with Gasteiger partial charge in [0, 0.05) is 131 Å². The highest BCUT2D eigenvalue weighted by Crippen LogP contribution is 2.42. The summed E-state index contributed by atoms with van der Waals surface area (Å²) in [7, 11) is 3.86. The van der Waals surface area contributed by atoms with E-state index in [-0.39, 0.29) is 86.2 Å². The molecule has 30 nitrogen and oxygen atoms in total. The van der Waals surface area contributed by atoms with Gasteiger partial charge in [-0.15, -0.1) is 0 Å². The van der Waals surface area contributed by atoms with Crippen LogP contribution in [-0.4, -0.2) is 115 Å². The predicted octanol–water partition coefficient (Wildman–Crippen LogP) is 17.0. The number of aryl methyl sites for hydroxylation is 3. The number of carbonyl (C=O) groups is 3. The van der Waals surface area contributed by atoms with E-state index in [0.717, 1.165) is 97.1 Å². The average molecular weight is 1780 g/mol. The lowest BCUT2D eigenvalue weighted by Gasteiger charge is -2.15. The van der Waals surface area contributed by atoms with Gasteiger partial charge in [-0.2, -0.15) is 30.6 Å². The first kappa shape index (κ1) is 85.2.